The molecule has 0 aromatic carbocycles. The fourth-order valence-corrected chi connectivity index (χ4v) is 0.928. The number of nitrogens with two attached hydrogens (primary N) is 1. The molecular formula is C7H12N2O2. The van der Waals surface area contributed by atoms with Gasteiger partial charge in [-0.05, 0) is 0 Å². The molecule has 0 aromatic rings. The number of rotatable bonds is 3. The minimum Gasteiger partial charge on any atom is -0.370 e. The summed E-state index contributed by atoms with van der Waals surface area (Å²) in [6.07, 6.45) is 1.84. The molecule has 0 radical (unpaired) electrons. The average molecular weight is 156 g/mol. The summed E-state index contributed by atoms with van der Waals surface area (Å²) in [7, 11) is 0. The highest BCUT2D eigenvalue weighted by Gasteiger charge is 2.29. The van der Waals surface area contributed by atoms with Crippen LogP contribution in [0.1, 0.15) is 0 Å². The van der Waals surface area contributed by atoms with Gasteiger partial charge in [0, 0.05) is 0 Å². The highest BCUT2D eigenvalue weighted by Crippen LogP contribution is 2.10. The number of primary amides is 1. The number of hydrogen-bond acceptors (Lipinski definition) is 2. The second-order valence-corrected chi connectivity index (χ2v) is 2.49. The average Bonchev–Trinajstić information content (AvgIpc) is 1.84. The van der Waals surface area contributed by atoms with E-state index in [4.69, 9.17) is 10.5 Å². The van der Waals surface area contributed by atoms with Gasteiger partial charge in [-0.15, -0.1) is 6.58 Å². The van der Waals surface area contributed by atoms with E-state index in [2.05, 4.69) is 6.58 Å². The Morgan fingerprint density at radius 1 is 1.82 bits per heavy atom. The van der Waals surface area contributed by atoms with E-state index in [9.17, 15) is 4.79 Å². The third-order valence-corrected chi connectivity index (χ3v) is 1.61. The second kappa shape index (κ2) is 3.39. The van der Waals surface area contributed by atoms with Crippen molar-refractivity contribution in [3.05, 3.63) is 12.7 Å². The van der Waals surface area contributed by atoms with Gasteiger partial charge < -0.3 is 15.4 Å². The van der Waals surface area contributed by atoms with Crippen LogP contribution in [0.25, 0.3) is 0 Å². The molecular weight excluding hydrogens is 144 g/mol. The fraction of sp³-hybridized carbons (Fsp3) is 0.571. The Kier molecular flexibility index (Phi) is 2.48. The summed E-state index contributed by atoms with van der Waals surface area (Å²) in [4.78, 5) is 12.0. The maximum absolute atomic E-state index is 10.5. The minimum atomic E-state index is -0.372. The Hall–Kier alpha value is -1.03. The van der Waals surface area contributed by atoms with Gasteiger partial charge in [0.15, 0.2) is 0 Å². The molecule has 11 heavy (non-hydrogen) atoms. The largest absolute Gasteiger partial charge is 0.370 e. The molecule has 1 heterocycles. The Morgan fingerprint density at radius 2 is 2.45 bits per heavy atom. The first-order valence-electron chi connectivity index (χ1n) is 3.51. The highest BCUT2D eigenvalue weighted by atomic mass is 16.5. The lowest BCUT2D eigenvalue weighted by Gasteiger charge is -2.37. The van der Waals surface area contributed by atoms with Crippen molar-refractivity contribution in [1.82, 2.24) is 4.90 Å². The summed E-state index contributed by atoms with van der Waals surface area (Å²) in [5.74, 6) is 0. The van der Waals surface area contributed by atoms with Crippen LogP contribution in [0.5, 0.6) is 0 Å². The third kappa shape index (κ3) is 1.94. The van der Waals surface area contributed by atoms with Crippen molar-refractivity contribution in [1.29, 1.82) is 0 Å². The van der Waals surface area contributed by atoms with Gasteiger partial charge in [0.1, 0.15) is 0 Å². The van der Waals surface area contributed by atoms with Gasteiger partial charge in [-0.3, -0.25) is 0 Å². The Morgan fingerprint density at radius 3 is 2.91 bits per heavy atom. The van der Waals surface area contributed by atoms with E-state index < -0.39 is 0 Å². The minimum absolute atomic E-state index is 0.153. The lowest BCUT2D eigenvalue weighted by molar-refractivity contribution is -0.0218. The first kappa shape index (κ1) is 8.07. The van der Waals surface area contributed by atoms with Crippen LogP contribution < -0.4 is 5.73 Å². The summed E-state index contributed by atoms with van der Waals surface area (Å²) < 4.78 is 5.24. The Labute approximate surface area is 65.6 Å². The van der Waals surface area contributed by atoms with E-state index in [0.29, 0.717) is 19.7 Å². The van der Waals surface area contributed by atoms with Crippen molar-refractivity contribution in [3.8, 4) is 0 Å². The summed E-state index contributed by atoms with van der Waals surface area (Å²) in [6, 6.07) is -0.372. The quantitative estimate of drug-likeness (QED) is 0.582. The number of ether oxygens (including phenoxy) is 1. The van der Waals surface area contributed by atoms with Gasteiger partial charge in [-0.25, -0.2) is 4.79 Å². The van der Waals surface area contributed by atoms with E-state index in [-0.39, 0.29) is 12.1 Å². The van der Waals surface area contributed by atoms with Crippen molar-refractivity contribution in [3.63, 3.8) is 0 Å². The molecule has 1 aliphatic heterocycles. The first-order chi connectivity index (χ1) is 5.24. The summed E-state index contributed by atoms with van der Waals surface area (Å²) in [5.41, 5.74) is 5.00. The first-order valence-corrected chi connectivity index (χ1v) is 3.51. The number of urea groups is 1. The van der Waals surface area contributed by atoms with E-state index in [1.807, 2.05) is 0 Å². The molecule has 4 heteroatoms. The van der Waals surface area contributed by atoms with Crippen molar-refractivity contribution in [2.24, 2.45) is 5.73 Å². The number of amides is 2. The zero-order valence-electron chi connectivity index (χ0n) is 6.32. The molecule has 1 aliphatic rings. The van der Waals surface area contributed by atoms with Gasteiger partial charge in [0.05, 0.1) is 25.8 Å². The van der Waals surface area contributed by atoms with Gasteiger partial charge >= 0.3 is 6.03 Å². The molecule has 1 rings (SSSR count). The van der Waals surface area contributed by atoms with Crippen LogP contribution in [0.2, 0.25) is 0 Å². The molecule has 2 amide bonds. The Balaban J connectivity index is 2.09. The van der Waals surface area contributed by atoms with Crippen LogP contribution >= 0.6 is 0 Å². The molecule has 2 N–H and O–H groups in total. The predicted molar refractivity (Wildman–Crippen MR) is 41.1 cm³/mol. The molecule has 1 saturated heterocycles. The third-order valence-electron chi connectivity index (χ3n) is 1.61. The van der Waals surface area contributed by atoms with E-state index in [1.165, 1.54) is 4.90 Å². The lowest BCUT2D eigenvalue weighted by Crippen LogP contribution is -2.56. The molecule has 4 nitrogen and oxygen atoms in total. The number of nitrogens with zero attached hydrogens (tertiary/aromatic N) is 1. The summed E-state index contributed by atoms with van der Waals surface area (Å²) in [6.45, 7) is 5.28. The molecule has 0 atom stereocenters. The van der Waals surface area contributed by atoms with Gasteiger partial charge in [0.2, 0.25) is 0 Å². The highest BCUT2D eigenvalue weighted by molar-refractivity contribution is 5.73. The van der Waals surface area contributed by atoms with Crippen molar-refractivity contribution < 1.29 is 9.53 Å². The molecule has 0 saturated carbocycles. The standard InChI is InChI=1S/C7H12N2O2/c1-2-3-11-6-4-9(5-6)7(8)10/h2,6H,1,3-5H2,(H2,8,10). The van der Waals surface area contributed by atoms with Crippen LogP contribution in [0.4, 0.5) is 4.79 Å². The SMILES string of the molecule is C=CCOC1CN(C(N)=O)C1. The van der Waals surface area contributed by atoms with Crippen molar-refractivity contribution in [2.45, 2.75) is 6.10 Å². The summed E-state index contributed by atoms with van der Waals surface area (Å²) >= 11 is 0. The zero-order chi connectivity index (χ0) is 8.27. The van der Waals surface area contributed by atoms with Gasteiger partial charge in [0.25, 0.3) is 0 Å². The molecule has 0 unspecified atom stereocenters. The van der Waals surface area contributed by atoms with Crippen LogP contribution in [0.15, 0.2) is 12.7 Å². The van der Waals surface area contributed by atoms with E-state index in [1.54, 1.807) is 6.08 Å². The monoisotopic (exact) mass is 156 g/mol. The normalized spacial score (nSPS) is 17.6. The molecule has 62 valence electrons. The number of likely N-dealkylation sites (tertiary alicyclic amines) is 1. The van der Waals surface area contributed by atoms with Crippen LogP contribution in [0.3, 0.4) is 0 Å². The predicted octanol–water partition coefficient (Wildman–Crippen LogP) is -0.0481. The number of carbonyl (C=O) groups is 1. The molecule has 0 aliphatic carbocycles. The van der Waals surface area contributed by atoms with E-state index in [0.717, 1.165) is 0 Å². The molecule has 1 fully saturated rings. The number of carbonyl (C=O) groups excluding carboxylic acids is 1. The van der Waals surface area contributed by atoms with Crippen molar-refractivity contribution >= 4 is 6.03 Å². The van der Waals surface area contributed by atoms with E-state index >= 15 is 0 Å². The second-order valence-electron chi connectivity index (χ2n) is 2.49. The van der Waals surface area contributed by atoms with Crippen molar-refractivity contribution in [2.75, 3.05) is 19.7 Å². The lowest BCUT2D eigenvalue weighted by atomic mass is 10.2. The zero-order valence-corrected chi connectivity index (χ0v) is 6.32. The smallest absolute Gasteiger partial charge is 0.314 e. The topological polar surface area (TPSA) is 55.6 Å². The van der Waals surface area contributed by atoms with Crippen LogP contribution in [-0.2, 0) is 4.74 Å². The molecule has 0 spiro atoms. The Bertz CT molecular complexity index is 164. The van der Waals surface area contributed by atoms with Gasteiger partial charge in [-0.2, -0.15) is 0 Å². The maximum Gasteiger partial charge on any atom is 0.314 e. The van der Waals surface area contributed by atoms with Crippen LogP contribution in [0, 0.1) is 0 Å². The maximum atomic E-state index is 10.5. The molecule has 0 aromatic heterocycles. The number of hydrogen-bond donors (Lipinski definition) is 1. The molecule has 0 bridgehead atoms. The summed E-state index contributed by atoms with van der Waals surface area (Å²) in [5, 5.41) is 0. The van der Waals surface area contributed by atoms with Crippen LogP contribution in [-0.4, -0.2) is 36.7 Å². The fourth-order valence-electron chi connectivity index (χ4n) is 0.928. The van der Waals surface area contributed by atoms with Gasteiger partial charge in [-0.1, -0.05) is 6.08 Å².